The topological polar surface area (TPSA) is 43.8 Å². The van der Waals surface area contributed by atoms with Gasteiger partial charge >= 0.3 is 0 Å². The number of aryl methyl sites for hydroxylation is 2. The maximum absolute atomic E-state index is 6.82. The summed E-state index contributed by atoms with van der Waals surface area (Å²) in [4.78, 5) is 0. The predicted molar refractivity (Wildman–Crippen MR) is 79.8 cm³/mol. The first-order valence-electron chi connectivity index (χ1n) is 7.67. The van der Waals surface area contributed by atoms with Crippen LogP contribution in [0.25, 0.3) is 0 Å². The molecular weight excluding hydrogens is 234 g/mol. The Hall–Kier alpha value is -0.830. The second-order valence-electron chi connectivity index (χ2n) is 6.99. The predicted octanol–water partition coefficient (Wildman–Crippen LogP) is 3.14. The van der Waals surface area contributed by atoms with Crippen molar-refractivity contribution in [1.29, 1.82) is 0 Å². The van der Waals surface area contributed by atoms with Crippen molar-refractivity contribution < 1.29 is 0 Å². The molecule has 1 heterocycles. The van der Waals surface area contributed by atoms with Gasteiger partial charge in [-0.05, 0) is 49.0 Å². The molecule has 0 radical (unpaired) electrons. The molecule has 3 heteroatoms. The Labute approximate surface area is 117 Å². The zero-order chi connectivity index (χ0) is 14.0. The van der Waals surface area contributed by atoms with Crippen LogP contribution in [0.5, 0.6) is 0 Å². The van der Waals surface area contributed by atoms with Crippen molar-refractivity contribution in [2.24, 2.45) is 30.5 Å². The summed E-state index contributed by atoms with van der Waals surface area (Å²) in [6.45, 7) is 7.00. The molecule has 3 unspecified atom stereocenters. The van der Waals surface area contributed by atoms with Crippen LogP contribution in [0.2, 0.25) is 0 Å². The minimum absolute atomic E-state index is 0.0156. The quantitative estimate of drug-likeness (QED) is 0.907. The lowest BCUT2D eigenvalue weighted by molar-refractivity contribution is 0.102. The Morgan fingerprint density at radius 3 is 2.79 bits per heavy atom. The molecule has 3 atom stereocenters. The lowest BCUT2D eigenvalue weighted by Gasteiger charge is -2.46. The van der Waals surface area contributed by atoms with E-state index in [-0.39, 0.29) is 5.54 Å². The fourth-order valence-corrected chi connectivity index (χ4v) is 3.92. The highest BCUT2D eigenvalue weighted by Gasteiger charge is 2.40. The highest BCUT2D eigenvalue weighted by atomic mass is 15.2. The molecule has 1 saturated carbocycles. The zero-order valence-corrected chi connectivity index (χ0v) is 12.9. The van der Waals surface area contributed by atoms with Crippen LogP contribution >= 0.6 is 0 Å². The molecule has 2 rings (SSSR count). The van der Waals surface area contributed by atoms with Gasteiger partial charge in [-0.25, -0.2) is 0 Å². The highest BCUT2D eigenvalue weighted by molar-refractivity contribution is 5.07. The molecule has 19 heavy (non-hydrogen) atoms. The fourth-order valence-electron chi connectivity index (χ4n) is 3.92. The Bertz CT molecular complexity index is 410. The average Bonchev–Trinajstić information content (AvgIpc) is 2.72. The van der Waals surface area contributed by atoms with Gasteiger partial charge in [0.2, 0.25) is 0 Å². The van der Waals surface area contributed by atoms with Crippen LogP contribution in [0.4, 0.5) is 0 Å². The van der Waals surface area contributed by atoms with E-state index in [1.807, 2.05) is 17.9 Å². The Morgan fingerprint density at radius 1 is 1.47 bits per heavy atom. The maximum atomic E-state index is 6.82. The molecule has 1 aliphatic rings. The van der Waals surface area contributed by atoms with Crippen LogP contribution in [0, 0.1) is 17.8 Å². The molecule has 0 bridgehead atoms. The molecule has 0 aromatic carbocycles. The lowest BCUT2D eigenvalue weighted by Crippen LogP contribution is -2.53. The van der Waals surface area contributed by atoms with Crippen molar-refractivity contribution in [2.45, 2.75) is 58.4 Å². The normalized spacial score (nSPS) is 31.9. The molecule has 0 spiro atoms. The number of hydrogen-bond donors (Lipinski definition) is 1. The smallest absolute Gasteiger partial charge is 0.0521 e. The summed E-state index contributed by atoms with van der Waals surface area (Å²) in [5.74, 6) is 2.13. The van der Waals surface area contributed by atoms with Crippen LogP contribution in [0.3, 0.4) is 0 Å². The third kappa shape index (κ3) is 3.38. The second kappa shape index (κ2) is 5.66. The Morgan fingerprint density at radius 2 is 2.21 bits per heavy atom. The van der Waals surface area contributed by atoms with Crippen molar-refractivity contribution in [1.82, 2.24) is 9.78 Å². The first-order valence-corrected chi connectivity index (χ1v) is 7.67. The SMILES string of the molecule is CC1CCC(C(C)C)C(N)(CCc2cnn(C)c2)C1. The Kier molecular flexibility index (Phi) is 4.34. The number of nitrogens with two attached hydrogens (primary N) is 1. The number of nitrogens with zero attached hydrogens (tertiary/aromatic N) is 2. The molecule has 3 nitrogen and oxygen atoms in total. The van der Waals surface area contributed by atoms with Gasteiger partial charge in [-0.2, -0.15) is 5.10 Å². The molecule has 0 aliphatic heterocycles. The van der Waals surface area contributed by atoms with Gasteiger partial charge in [0, 0.05) is 18.8 Å². The molecule has 2 N–H and O–H groups in total. The van der Waals surface area contributed by atoms with Gasteiger partial charge in [-0.1, -0.05) is 27.2 Å². The van der Waals surface area contributed by atoms with Crippen LogP contribution in [-0.4, -0.2) is 15.3 Å². The van der Waals surface area contributed by atoms with Crippen molar-refractivity contribution in [2.75, 3.05) is 0 Å². The summed E-state index contributed by atoms with van der Waals surface area (Å²) < 4.78 is 1.88. The van der Waals surface area contributed by atoms with Gasteiger partial charge in [0.05, 0.1) is 6.20 Å². The van der Waals surface area contributed by atoms with Crippen LogP contribution in [-0.2, 0) is 13.5 Å². The summed E-state index contributed by atoms with van der Waals surface area (Å²) in [6, 6.07) is 0. The monoisotopic (exact) mass is 263 g/mol. The van der Waals surface area contributed by atoms with E-state index in [0.29, 0.717) is 11.8 Å². The van der Waals surface area contributed by atoms with Gasteiger partial charge in [0.15, 0.2) is 0 Å². The first-order chi connectivity index (χ1) is 8.90. The average molecular weight is 263 g/mol. The van der Waals surface area contributed by atoms with E-state index in [0.717, 1.165) is 18.8 Å². The third-order valence-electron chi connectivity index (χ3n) is 4.88. The van der Waals surface area contributed by atoms with Crippen molar-refractivity contribution >= 4 is 0 Å². The van der Waals surface area contributed by atoms with Gasteiger partial charge in [0.1, 0.15) is 0 Å². The maximum Gasteiger partial charge on any atom is 0.0521 e. The standard InChI is InChI=1S/C16H29N3/c1-12(2)15-6-5-13(3)9-16(15,17)8-7-14-10-18-19(4)11-14/h10-13,15H,5-9,17H2,1-4H3. The highest BCUT2D eigenvalue weighted by Crippen LogP contribution is 2.41. The van der Waals surface area contributed by atoms with Crippen molar-refractivity contribution in [3.8, 4) is 0 Å². The number of aromatic nitrogens is 2. The van der Waals surface area contributed by atoms with Crippen LogP contribution < -0.4 is 5.73 Å². The molecule has 1 aliphatic carbocycles. The van der Waals surface area contributed by atoms with E-state index in [2.05, 4.69) is 32.1 Å². The number of hydrogen-bond acceptors (Lipinski definition) is 2. The van der Waals surface area contributed by atoms with Crippen molar-refractivity contribution in [3.05, 3.63) is 18.0 Å². The first kappa shape index (κ1) is 14.6. The lowest BCUT2D eigenvalue weighted by atomic mass is 9.63. The fraction of sp³-hybridized carbons (Fsp3) is 0.812. The summed E-state index contributed by atoms with van der Waals surface area (Å²) in [5.41, 5.74) is 8.15. The van der Waals surface area contributed by atoms with Gasteiger partial charge in [-0.3, -0.25) is 4.68 Å². The Balaban J connectivity index is 2.04. The van der Waals surface area contributed by atoms with E-state index in [4.69, 9.17) is 5.73 Å². The minimum Gasteiger partial charge on any atom is -0.325 e. The second-order valence-corrected chi connectivity index (χ2v) is 6.99. The summed E-state index contributed by atoms with van der Waals surface area (Å²) >= 11 is 0. The van der Waals surface area contributed by atoms with Crippen LogP contribution in [0.15, 0.2) is 12.4 Å². The molecule has 0 saturated heterocycles. The van der Waals surface area contributed by atoms with E-state index in [1.54, 1.807) is 0 Å². The number of rotatable bonds is 4. The summed E-state index contributed by atoms with van der Waals surface area (Å²) in [5, 5.41) is 4.25. The van der Waals surface area contributed by atoms with Gasteiger partial charge in [0.25, 0.3) is 0 Å². The zero-order valence-electron chi connectivity index (χ0n) is 12.9. The van der Waals surface area contributed by atoms with E-state index in [1.165, 1.54) is 24.8 Å². The minimum atomic E-state index is 0.0156. The van der Waals surface area contributed by atoms with E-state index >= 15 is 0 Å². The summed E-state index contributed by atoms with van der Waals surface area (Å²) in [6.07, 6.45) is 10.0. The molecule has 1 aromatic heterocycles. The molecular formula is C16H29N3. The van der Waals surface area contributed by atoms with Gasteiger partial charge < -0.3 is 5.73 Å². The molecule has 108 valence electrons. The molecule has 1 fully saturated rings. The van der Waals surface area contributed by atoms with Crippen LogP contribution in [0.1, 0.15) is 52.0 Å². The van der Waals surface area contributed by atoms with Crippen molar-refractivity contribution in [3.63, 3.8) is 0 Å². The van der Waals surface area contributed by atoms with E-state index in [9.17, 15) is 0 Å². The largest absolute Gasteiger partial charge is 0.325 e. The summed E-state index contributed by atoms with van der Waals surface area (Å²) in [7, 11) is 1.97. The molecule has 1 aromatic rings. The van der Waals surface area contributed by atoms with E-state index < -0.39 is 0 Å². The molecule has 0 amide bonds. The van der Waals surface area contributed by atoms with Gasteiger partial charge in [-0.15, -0.1) is 0 Å². The third-order valence-corrected chi connectivity index (χ3v) is 4.88.